The molecule has 4 rings (SSSR count). The van der Waals surface area contributed by atoms with Crippen molar-refractivity contribution >= 4 is 17.8 Å². The molecule has 5 heteroatoms. The second kappa shape index (κ2) is 4.41. The molecule has 0 aromatic heterocycles. The molecule has 108 valence electrons. The molecule has 2 aliphatic carbocycles. The fraction of sp³-hybridized carbons (Fsp3) is 0.438. The van der Waals surface area contributed by atoms with E-state index in [1.165, 1.54) is 12.8 Å². The summed E-state index contributed by atoms with van der Waals surface area (Å²) in [5, 5.41) is 0.604. The Balaban J connectivity index is 1.44. The van der Waals surface area contributed by atoms with Crippen molar-refractivity contribution in [2.45, 2.75) is 25.7 Å². The predicted molar refractivity (Wildman–Crippen MR) is 72.0 cm³/mol. The van der Waals surface area contributed by atoms with Crippen LogP contribution in [0.4, 0.5) is 0 Å². The number of carbonyl (C=O) groups is 3. The molecule has 1 heterocycles. The average molecular weight is 285 g/mol. The molecule has 0 spiro atoms. The van der Waals surface area contributed by atoms with Crippen molar-refractivity contribution in [3.8, 4) is 0 Å². The fourth-order valence-corrected chi connectivity index (χ4v) is 3.68. The Labute approximate surface area is 121 Å². The zero-order valence-electron chi connectivity index (χ0n) is 11.5. The summed E-state index contributed by atoms with van der Waals surface area (Å²) < 4.78 is 0. The van der Waals surface area contributed by atoms with Gasteiger partial charge in [0.1, 0.15) is 0 Å². The number of nitrogens with zero attached hydrogens (tertiary/aromatic N) is 1. The number of hydroxylamine groups is 2. The molecule has 3 atom stereocenters. The lowest BCUT2D eigenvalue weighted by Gasteiger charge is -2.15. The van der Waals surface area contributed by atoms with E-state index in [2.05, 4.69) is 0 Å². The highest BCUT2D eigenvalue weighted by atomic mass is 16.7. The van der Waals surface area contributed by atoms with E-state index in [1.807, 2.05) is 0 Å². The first-order valence-electron chi connectivity index (χ1n) is 7.34. The minimum atomic E-state index is -0.556. The third-order valence-corrected chi connectivity index (χ3v) is 4.87. The van der Waals surface area contributed by atoms with Gasteiger partial charge in [-0.15, -0.1) is 0 Å². The number of amides is 2. The molecule has 3 unspecified atom stereocenters. The summed E-state index contributed by atoms with van der Waals surface area (Å²) in [4.78, 5) is 41.2. The first-order chi connectivity index (χ1) is 10.1. The smallest absolute Gasteiger partial charge is 0.330 e. The van der Waals surface area contributed by atoms with Crippen molar-refractivity contribution in [1.29, 1.82) is 0 Å². The molecule has 21 heavy (non-hydrogen) atoms. The molecule has 0 N–H and O–H groups in total. The Kier molecular flexibility index (Phi) is 2.64. The zero-order valence-corrected chi connectivity index (χ0v) is 11.5. The molecule has 5 nitrogen and oxygen atoms in total. The Bertz CT molecular complexity index is 618. The topological polar surface area (TPSA) is 63.7 Å². The highest BCUT2D eigenvalue weighted by Gasteiger charge is 2.49. The van der Waals surface area contributed by atoms with Gasteiger partial charge in [-0.1, -0.05) is 17.2 Å². The van der Waals surface area contributed by atoms with Crippen LogP contribution in [0.3, 0.4) is 0 Å². The molecular formula is C16H15NO4. The van der Waals surface area contributed by atoms with Gasteiger partial charge in [-0.2, -0.15) is 0 Å². The minimum Gasteiger partial charge on any atom is -0.330 e. The summed E-state index contributed by atoms with van der Waals surface area (Å²) in [5.41, 5.74) is 0.580. The molecule has 2 amide bonds. The van der Waals surface area contributed by atoms with Gasteiger partial charge in [0.2, 0.25) is 0 Å². The van der Waals surface area contributed by atoms with E-state index in [4.69, 9.17) is 4.84 Å². The number of rotatable bonds is 3. The summed E-state index contributed by atoms with van der Waals surface area (Å²) in [7, 11) is 0. The van der Waals surface area contributed by atoms with E-state index in [0.29, 0.717) is 34.4 Å². The van der Waals surface area contributed by atoms with E-state index in [1.54, 1.807) is 24.3 Å². The summed E-state index contributed by atoms with van der Waals surface area (Å²) in [5.74, 6) is 0.209. The second-order valence-electron chi connectivity index (χ2n) is 6.11. The van der Waals surface area contributed by atoms with Gasteiger partial charge in [0.15, 0.2) is 0 Å². The summed E-state index contributed by atoms with van der Waals surface area (Å²) in [6, 6.07) is 6.49. The van der Waals surface area contributed by atoms with Crippen LogP contribution in [0.5, 0.6) is 0 Å². The van der Waals surface area contributed by atoms with Gasteiger partial charge in [-0.3, -0.25) is 9.59 Å². The van der Waals surface area contributed by atoms with Gasteiger partial charge < -0.3 is 4.84 Å². The first-order valence-corrected chi connectivity index (χ1v) is 7.34. The number of hydrogen-bond donors (Lipinski definition) is 0. The summed E-state index contributed by atoms with van der Waals surface area (Å²) in [6.45, 7) is 0. The van der Waals surface area contributed by atoms with Crippen molar-refractivity contribution in [3.05, 3.63) is 35.4 Å². The molecule has 0 saturated heterocycles. The van der Waals surface area contributed by atoms with Crippen molar-refractivity contribution in [1.82, 2.24) is 5.06 Å². The Hall–Kier alpha value is -2.17. The Morgan fingerprint density at radius 1 is 1.14 bits per heavy atom. The van der Waals surface area contributed by atoms with Gasteiger partial charge in [-0.05, 0) is 49.1 Å². The number of fused-ring (bicyclic) bond motifs is 2. The molecule has 0 radical (unpaired) electrons. The molecule has 1 aliphatic heterocycles. The van der Waals surface area contributed by atoms with Gasteiger partial charge in [0.25, 0.3) is 11.8 Å². The Morgan fingerprint density at radius 2 is 1.81 bits per heavy atom. The van der Waals surface area contributed by atoms with Crippen LogP contribution in [0.2, 0.25) is 0 Å². The van der Waals surface area contributed by atoms with Gasteiger partial charge in [0.05, 0.1) is 17.5 Å². The fourth-order valence-electron chi connectivity index (χ4n) is 3.68. The number of benzene rings is 1. The third-order valence-electron chi connectivity index (χ3n) is 4.87. The van der Waals surface area contributed by atoms with Crippen LogP contribution in [0.25, 0.3) is 0 Å². The van der Waals surface area contributed by atoms with E-state index in [0.717, 1.165) is 12.3 Å². The van der Waals surface area contributed by atoms with E-state index in [-0.39, 0.29) is 0 Å². The molecule has 0 bridgehead atoms. The van der Waals surface area contributed by atoms with Gasteiger partial charge >= 0.3 is 5.97 Å². The number of hydrogen-bond acceptors (Lipinski definition) is 4. The normalized spacial score (nSPS) is 29.3. The molecule has 1 aromatic carbocycles. The van der Waals surface area contributed by atoms with Crippen molar-refractivity contribution in [3.63, 3.8) is 0 Å². The molecular weight excluding hydrogens is 270 g/mol. The lowest BCUT2D eigenvalue weighted by atomic mass is 10.00. The van der Waals surface area contributed by atoms with Crippen LogP contribution in [0, 0.1) is 17.8 Å². The van der Waals surface area contributed by atoms with Crippen LogP contribution in [-0.4, -0.2) is 22.8 Å². The average Bonchev–Trinajstić information content (AvgIpc) is 3.12. The van der Waals surface area contributed by atoms with Gasteiger partial charge in [-0.25, -0.2) is 4.79 Å². The third kappa shape index (κ3) is 1.95. The standard InChI is InChI=1S/C16H15NO4/c18-14(8-10-6-5-9-7-13(9)10)21-17-15(19)11-3-1-2-4-12(11)16(17)20/h1-4,9-10,13H,5-8H2. The molecule has 3 aliphatic rings. The first kappa shape index (κ1) is 12.6. The van der Waals surface area contributed by atoms with Crippen LogP contribution < -0.4 is 0 Å². The van der Waals surface area contributed by atoms with Crippen LogP contribution in [0.15, 0.2) is 24.3 Å². The second-order valence-corrected chi connectivity index (χ2v) is 6.11. The van der Waals surface area contributed by atoms with E-state index in [9.17, 15) is 14.4 Å². The summed E-state index contributed by atoms with van der Waals surface area (Å²) >= 11 is 0. The van der Waals surface area contributed by atoms with Crippen LogP contribution >= 0.6 is 0 Å². The molecule has 1 aromatic rings. The van der Waals surface area contributed by atoms with Crippen LogP contribution in [-0.2, 0) is 9.63 Å². The highest BCUT2D eigenvalue weighted by molar-refractivity contribution is 6.20. The maximum absolute atomic E-state index is 12.1. The lowest BCUT2D eigenvalue weighted by molar-refractivity contribution is -0.169. The van der Waals surface area contributed by atoms with Crippen molar-refractivity contribution in [2.24, 2.45) is 17.8 Å². The lowest BCUT2D eigenvalue weighted by Crippen LogP contribution is -2.33. The summed E-state index contributed by atoms with van der Waals surface area (Å²) in [6.07, 6.45) is 3.75. The SMILES string of the molecule is O=C(CC1CCC2CC12)ON1C(=O)c2ccccc2C1=O. The van der Waals surface area contributed by atoms with Crippen LogP contribution in [0.1, 0.15) is 46.4 Å². The van der Waals surface area contributed by atoms with Crippen molar-refractivity contribution < 1.29 is 19.2 Å². The van der Waals surface area contributed by atoms with E-state index >= 15 is 0 Å². The predicted octanol–water partition coefficient (Wildman–Crippen LogP) is 2.18. The molecule has 2 saturated carbocycles. The van der Waals surface area contributed by atoms with Gasteiger partial charge in [0, 0.05) is 0 Å². The quantitative estimate of drug-likeness (QED) is 0.798. The number of imide groups is 1. The molecule has 2 fully saturated rings. The maximum Gasteiger partial charge on any atom is 0.333 e. The highest BCUT2D eigenvalue weighted by Crippen LogP contribution is 2.56. The largest absolute Gasteiger partial charge is 0.333 e. The van der Waals surface area contributed by atoms with Crippen molar-refractivity contribution in [2.75, 3.05) is 0 Å². The maximum atomic E-state index is 12.1. The number of carbonyl (C=O) groups excluding carboxylic acids is 3. The van der Waals surface area contributed by atoms with E-state index < -0.39 is 17.8 Å². The zero-order chi connectivity index (χ0) is 14.6. The Morgan fingerprint density at radius 3 is 2.33 bits per heavy atom. The minimum absolute atomic E-state index is 0.290. The monoisotopic (exact) mass is 285 g/mol.